The van der Waals surface area contributed by atoms with Crippen LogP contribution in [0.4, 0.5) is 22.0 Å². The zero-order valence-corrected chi connectivity index (χ0v) is 6.55. The van der Waals surface area contributed by atoms with E-state index in [0.29, 0.717) is 0 Å². The van der Waals surface area contributed by atoms with Crippen LogP contribution in [0.1, 0.15) is 16.6 Å². The van der Waals surface area contributed by atoms with Crippen LogP contribution in [0.25, 0.3) is 0 Å². The van der Waals surface area contributed by atoms with Crippen molar-refractivity contribution in [3.63, 3.8) is 0 Å². The van der Waals surface area contributed by atoms with Crippen LogP contribution in [-0.2, 0) is 5.92 Å². The van der Waals surface area contributed by atoms with Crippen molar-refractivity contribution in [1.29, 1.82) is 0 Å². The Balaban J connectivity index is 3.11. The van der Waals surface area contributed by atoms with Crippen LogP contribution >= 0.6 is 0 Å². The summed E-state index contributed by atoms with van der Waals surface area (Å²) in [5.41, 5.74) is 0. The minimum absolute atomic E-state index is 1.34. The number of rotatable bonds is 2. The van der Waals surface area contributed by atoms with Gasteiger partial charge in [-0.2, -0.15) is 22.0 Å². The van der Waals surface area contributed by atoms with Gasteiger partial charge in [0.25, 0.3) is 5.89 Å². The summed E-state index contributed by atoms with van der Waals surface area (Å²) in [6.07, 6.45) is -5.92. The van der Waals surface area contributed by atoms with Gasteiger partial charge < -0.3 is 9.52 Å². The molecule has 0 spiro atoms. The van der Waals surface area contributed by atoms with Gasteiger partial charge in [-0.3, -0.25) is 0 Å². The molecule has 0 bridgehead atoms. The number of halogens is 5. The van der Waals surface area contributed by atoms with Gasteiger partial charge in [-0.1, -0.05) is 0 Å². The fourth-order valence-electron chi connectivity index (χ4n) is 0.558. The molecular weight excluding hydrogens is 231 g/mol. The summed E-state index contributed by atoms with van der Waals surface area (Å²) in [5.74, 6) is -10.7. The Bertz CT molecular complexity index is 384. The second-order valence-electron chi connectivity index (χ2n) is 2.29. The predicted molar refractivity (Wildman–Crippen MR) is 31.2 cm³/mol. The number of aromatic carboxylic acids is 1. The van der Waals surface area contributed by atoms with Crippen molar-refractivity contribution in [1.82, 2.24) is 10.2 Å². The summed E-state index contributed by atoms with van der Waals surface area (Å²) in [4.78, 5) is 10.1. The van der Waals surface area contributed by atoms with Crippen LogP contribution in [-0.4, -0.2) is 27.4 Å². The van der Waals surface area contributed by atoms with Gasteiger partial charge in [-0.25, -0.2) is 4.79 Å². The van der Waals surface area contributed by atoms with E-state index in [9.17, 15) is 26.7 Å². The van der Waals surface area contributed by atoms with E-state index >= 15 is 0 Å². The number of alkyl halides is 5. The highest BCUT2D eigenvalue weighted by Crippen LogP contribution is 2.42. The van der Waals surface area contributed by atoms with Gasteiger partial charge in [-0.05, 0) is 0 Å². The minimum atomic E-state index is -5.92. The van der Waals surface area contributed by atoms with E-state index in [4.69, 9.17) is 5.11 Å². The predicted octanol–water partition coefficient (Wildman–Crippen LogP) is 1.42. The summed E-state index contributed by atoms with van der Waals surface area (Å²) in [5, 5.41) is 13.0. The van der Waals surface area contributed by atoms with Crippen molar-refractivity contribution in [3.8, 4) is 0 Å². The van der Waals surface area contributed by atoms with E-state index in [1.54, 1.807) is 0 Å². The molecule has 0 aliphatic rings. The van der Waals surface area contributed by atoms with E-state index < -0.39 is 29.8 Å². The number of hydrogen-bond donors (Lipinski definition) is 1. The Hall–Kier alpha value is -1.74. The number of hydrogen-bond acceptors (Lipinski definition) is 4. The first-order valence-electron chi connectivity index (χ1n) is 3.18. The molecule has 15 heavy (non-hydrogen) atoms. The summed E-state index contributed by atoms with van der Waals surface area (Å²) in [6.45, 7) is 0. The third kappa shape index (κ3) is 1.87. The third-order valence-corrected chi connectivity index (χ3v) is 1.23. The third-order valence-electron chi connectivity index (χ3n) is 1.23. The standard InChI is InChI=1S/C5HF5N2O3/c6-4(7,5(8,9)10)3-12-11-1(15-3)2(13)14/h(H,13,14). The lowest BCUT2D eigenvalue weighted by Gasteiger charge is -2.14. The first-order valence-corrected chi connectivity index (χ1v) is 3.18. The highest BCUT2D eigenvalue weighted by molar-refractivity contribution is 5.81. The summed E-state index contributed by atoms with van der Waals surface area (Å²) < 4.78 is 63.6. The van der Waals surface area contributed by atoms with Gasteiger partial charge in [0.05, 0.1) is 0 Å². The molecule has 0 saturated carbocycles. The lowest BCUT2D eigenvalue weighted by molar-refractivity contribution is -0.297. The maximum Gasteiger partial charge on any atom is 0.463 e. The number of carboxylic acids is 1. The van der Waals surface area contributed by atoms with Gasteiger partial charge >= 0.3 is 24.0 Å². The highest BCUT2D eigenvalue weighted by atomic mass is 19.4. The van der Waals surface area contributed by atoms with Crippen LogP contribution in [0, 0.1) is 0 Å². The first kappa shape index (κ1) is 11.3. The Labute approximate surface area is 77.5 Å². The molecule has 0 atom stereocenters. The molecule has 0 fully saturated rings. The van der Waals surface area contributed by atoms with E-state index in [1.807, 2.05) is 0 Å². The lowest BCUT2D eigenvalue weighted by Crippen LogP contribution is -2.34. The van der Waals surface area contributed by atoms with Crippen molar-refractivity contribution in [2.75, 3.05) is 0 Å². The molecule has 0 aromatic carbocycles. The van der Waals surface area contributed by atoms with Crippen LogP contribution in [0.2, 0.25) is 0 Å². The molecule has 0 amide bonds. The van der Waals surface area contributed by atoms with Gasteiger partial charge in [0.15, 0.2) is 0 Å². The number of aromatic nitrogens is 2. The lowest BCUT2D eigenvalue weighted by atomic mass is 10.3. The molecule has 0 saturated heterocycles. The number of carbonyl (C=O) groups is 1. The first-order chi connectivity index (χ1) is 6.66. The Morgan fingerprint density at radius 1 is 1.20 bits per heavy atom. The van der Waals surface area contributed by atoms with Crippen molar-refractivity contribution < 1.29 is 36.3 Å². The zero-order valence-electron chi connectivity index (χ0n) is 6.55. The Morgan fingerprint density at radius 2 is 1.73 bits per heavy atom. The monoisotopic (exact) mass is 232 g/mol. The number of carboxylic acid groups (broad SMARTS) is 1. The second kappa shape index (κ2) is 3.14. The molecule has 1 rings (SSSR count). The van der Waals surface area contributed by atoms with Crippen LogP contribution in [0.3, 0.4) is 0 Å². The molecule has 1 N–H and O–H groups in total. The van der Waals surface area contributed by atoms with Crippen LogP contribution in [0.5, 0.6) is 0 Å². The normalized spacial score (nSPS) is 12.9. The topological polar surface area (TPSA) is 76.2 Å². The second-order valence-corrected chi connectivity index (χ2v) is 2.29. The largest absolute Gasteiger partial charge is 0.474 e. The summed E-state index contributed by atoms with van der Waals surface area (Å²) >= 11 is 0. The maximum atomic E-state index is 12.4. The molecule has 0 unspecified atom stereocenters. The quantitative estimate of drug-likeness (QED) is 0.780. The Morgan fingerprint density at radius 3 is 2.07 bits per heavy atom. The van der Waals surface area contributed by atoms with Gasteiger partial charge in [-0.15, -0.1) is 10.2 Å². The van der Waals surface area contributed by atoms with Crippen molar-refractivity contribution >= 4 is 5.97 Å². The Kier molecular flexibility index (Phi) is 2.37. The SMILES string of the molecule is O=C(O)c1nnc(C(F)(F)C(F)(F)F)o1. The summed E-state index contributed by atoms with van der Waals surface area (Å²) in [6, 6.07) is 0. The molecule has 1 heterocycles. The van der Waals surface area contributed by atoms with Crippen molar-refractivity contribution in [2.45, 2.75) is 12.1 Å². The molecule has 5 nitrogen and oxygen atoms in total. The molecular formula is C5HF5N2O3. The molecule has 1 aromatic rings. The zero-order chi connectivity index (χ0) is 11.9. The summed E-state index contributed by atoms with van der Waals surface area (Å²) in [7, 11) is 0. The molecule has 84 valence electrons. The molecule has 10 heteroatoms. The smallest absolute Gasteiger partial charge is 0.463 e. The fourth-order valence-corrected chi connectivity index (χ4v) is 0.558. The fraction of sp³-hybridized carbons (Fsp3) is 0.400. The van der Waals surface area contributed by atoms with Gasteiger partial charge in [0, 0.05) is 0 Å². The van der Waals surface area contributed by atoms with Crippen molar-refractivity contribution in [2.24, 2.45) is 0 Å². The van der Waals surface area contributed by atoms with E-state index in [1.165, 1.54) is 0 Å². The van der Waals surface area contributed by atoms with Crippen LogP contribution < -0.4 is 0 Å². The maximum absolute atomic E-state index is 12.4. The highest BCUT2D eigenvalue weighted by Gasteiger charge is 2.63. The molecule has 1 aromatic heterocycles. The molecule has 0 radical (unpaired) electrons. The average molecular weight is 232 g/mol. The minimum Gasteiger partial charge on any atom is -0.474 e. The number of nitrogens with zero attached hydrogens (tertiary/aromatic N) is 2. The van der Waals surface area contributed by atoms with E-state index in [2.05, 4.69) is 14.6 Å². The van der Waals surface area contributed by atoms with E-state index in [-0.39, 0.29) is 0 Å². The van der Waals surface area contributed by atoms with Gasteiger partial charge in [0.1, 0.15) is 0 Å². The average Bonchev–Trinajstić information content (AvgIpc) is 2.49. The van der Waals surface area contributed by atoms with Gasteiger partial charge in [0.2, 0.25) is 0 Å². The van der Waals surface area contributed by atoms with Crippen molar-refractivity contribution in [3.05, 3.63) is 11.8 Å². The van der Waals surface area contributed by atoms with E-state index in [0.717, 1.165) is 0 Å². The van der Waals surface area contributed by atoms with Crippen LogP contribution in [0.15, 0.2) is 4.42 Å². The molecule has 0 aliphatic heterocycles. The molecule has 0 aliphatic carbocycles.